The summed E-state index contributed by atoms with van der Waals surface area (Å²) >= 11 is 0. The number of benzene rings is 4. The number of hydrogen-bond acceptors (Lipinski definition) is 6. The van der Waals surface area contributed by atoms with Crippen LogP contribution in [0.2, 0.25) is 0 Å². The van der Waals surface area contributed by atoms with Crippen LogP contribution in [0.4, 0.5) is 11.4 Å². The van der Waals surface area contributed by atoms with Crippen molar-refractivity contribution < 1.29 is 19.1 Å². The van der Waals surface area contributed by atoms with Gasteiger partial charge in [-0.15, -0.1) is 0 Å². The van der Waals surface area contributed by atoms with Crippen LogP contribution in [0.25, 0.3) is 22.5 Å². The molecule has 246 valence electrons. The summed E-state index contributed by atoms with van der Waals surface area (Å²) in [5.74, 6) is 2.29. The maximum absolute atomic E-state index is 12.6. The van der Waals surface area contributed by atoms with Crippen LogP contribution in [-0.4, -0.2) is 35.0 Å². The fraction of sp³-hybridized carbons (Fsp3) is 0.250. The van der Waals surface area contributed by atoms with Gasteiger partial charge in [0.15, 0.2) is 19.0 Å². The highest BCUT2D eigenvalue weighted by molar-refractivity contribution is 5.92. The summed E-state index contributed by atoms with van der Waals surface area (Å²) in [4.78, 5) is 34.3. The average molecular weight is 643 g/mol. The smallest absolute Gasteiger partial charge is 0.262 e. The van der Waals surface area contributed by atoms with Gasteiger partial charge >= 0.3 is 0 Å². The Kier molecular flexibility index (Phi) is 11.5. The fourth-order valence-electron chi connectivity index (χ4n) is 5.23. The SMILES string of the molecule is CC[C@@H](C)c1ccccc1OCC(=O)Nc1ccc(-c2ncc(-c3ccc(NC(=O)COc4ccccc4[C@@H](C)CC)cc3)cn2)cc1. The molecule has 4 aromatic carbocycles. The van der Waals surface area contributed by atoms with Crippen molar-refractivity contribution in [3.63, 3.8) is 0 Å². The Hall–Kier alpha value is -5.50. The summed E-state index contributed by atoms with van der Waals surface area (Å²) in [6.07, 6.45) is 5.52. The minimum Gasteiger partial charge on any atom is -0.483 e. The highest BCUT2D eigenvalue weighted by atomic mass is 16.5. The molecule has 0 unspecified atom stereocenters. The van der Waals surface area contributed by atoms with E-state index in [4.69, 9.17) is 9.47 Å². The van der Waals surface area contributed by atoms with Crippen molar-refractivity contribution in [3.8, 4) is 34.0 Å². The predicted octanol–water partition coefficient (Wildman–Crippen LogP) is 8.87. The molecule has 8 nitrogen and oxygen atoms in total. The lowest BCUT2D eigenvalue weighted by atomic mass is 9.98. The first-order chi connectivity index (χ1) is 23.3. The molecule has 2 amide bonds. The van der Waals surface area contributed by atoms with Gasteiger partial charge in [-0.05, 0) is 89.9 Å². The Morgan fingerprint density at radius 1 is 0.583 bits per heavy atom. The normalized spacial score (nSPS) is 12.1. The summed E-state index contributed by atoms with van der Waals surface area (Å²) in [5, 5.41) is 5.78. The van der Waals surface area contributed by atoms with E-state index < -0.39 is 0 Å². The minimum absolute atomic E-state index is 0.0696. The van der Waals surface area contributed by atoms with Crippen molar-refractivity contribution in [3.05, 3.63) is 121 Å². The molecule has 0 bridgehead atoms. The molecule has 0 saturated carbocycles. The molecular formula is C40H42N4O4. The van der Waals surface area contributed by atoms with E-state index in [-0.39, 0.29) is 25.0 Å². The quantitative estimate of drug-likeness (QED) is 0.125. The first kappa shape index (κ1) is 33.9. The summed E-state index contributed by atoms with van der Waals surface area (Å²) in [6, 6.07) is 30.6. The van der Waals surface area contributed by atoms with Crippen molar-refractivity contribution in [2.45, 2.75) is 52.4 Å². The highest BCUT2D eigenvalue weighted by Gasteiger charge is 2.13. The summed E-state index contributed by atoms with van der Waals surface area (Å²) in [5.41, 5.74) is 6.14. The first-order valence-corrected chi connectivity index (χ1v) is 16.4. The molecule has 8 heteroatoms. The summed E-state index contributed by atoms with van der Waals surface area (Å²) in [7, 11) is 0. The molecule has 1 heterocycles. The maximum atomic E-state index is 12.6. The van der Waals surface area contributed by atoms with E-state index in [0.29, 0.717) is 29.0 Å². The standard InChI is InChI=1S/C40H42N4O4/c1-5-27(3)34-11-7-9-13-36(34)47-25-38(45)43-32-19-15-29(16-20-32)31-23-41-40(42-24-31)30-17-21-33(22-18-30)44-39(46)26-48-37-14-10-8-12-35(37)28(4)6-2/h7-24,27-28H,5-6,25-26H2,1-4H3,(H,43,45)(H,44,46)/t27-,28+/m0/s1. The molecule has 0 saturated heterocycles. The Labute approximate surface area is 282 Å². The zero-order valence-electron chi connectivity index (χ0n) is 27.9. The number of hydrogen-bond donors (Lipinski definition) is 2. The number of carbonyl (C=O) groups is 2. The second-order valence-corrected chi connectivity index (χ2v) is 11.8. The van der Waals surface area contributed by atoms with Crippen molar-refractivity contribution in [2.24, 2.45) is 0 Å². The number of amides is 2. The van der Waals surface area contributed by atoms with Gasteiger partial charge < -0.3 is 20.1 Å². The monoisotopic (exact) mass is 642 g/mol. The van der Waals surface area contributed by atoms with Gasteiger partial charge in [-0.2, -0.15) is 0 Å². The Morgan fingerprint density at radius 3 is 1.44 bits per heavy atom. The largest absolute Gasteiger partial charge is 0.483 e. The first-order valence-electron chi connectivity index (χ1n) is 16.4. The third-order valence-corrected chi connectivity index (χ3v) is 8.42. The zero-order chi connectivity index (χ0) is 33.9. The Balaban J connectivity index is 1.12. The van der Waals surface area contributed by atoms with Crippen molar-refractivity contribution in [1.82, 2.24) is 9.97 Å². The molecule has 0 fully saturated rings. The van der Waals surface area contributed by atoms with E-state index in [1.807, 2.05) is 97.1 Å². The fourth-order valence-corrected chi connectivity index (χ4v) is 5.23. The van der Waals surface area contributed by atoms with Crippen LogP contribution in [0, 0.1) is 0 Å². The van der Waals surface area contributed by atoms with Gasteiger partial charge in [0, 0.05) is 34.9 Å². The molecule has 48 heavy (non-hydrogen) atoms. The molecule has 5 rings (SSSR count). The lowest BCUT2D eigenvalue weighted by molar-refractivity contribution is -0.118. The van der Waals surface area contributed by atoms with E-state index in [0.717, 1.165) is 52.2 Å². The number of rotatable bonds is 14. The van der Waals surface area contributed by atoms with Crippen LogP contribution < -0.4 is 20.1 Å². The second kappa shape index (κ2) is 16.4. The molecule has 2 N–H and O–H groups in total. The van der Waals surface area contributed by atoms with E-state index in [2.05, 4.69) is 48.3 Å². The van der Waals surface area contributed by atoms with E-state index in [1.165, 1.54) is 0 Å². The van der Waals surface area contributed by atoms with Crippen molar-refractivity contribution in [2.75, 3.05) is 23.8 Å². The molecule has 0 radical (unpaired) electrons. The number of nitrogens with one attached hydrogen (secondary N) is 2. The van der Waals surface area contributed by atoms with Gasteiger partial charge in [0.2, 0.25) is 0 Å². The average Bonchev–Trinajstić information content (AvgIpc) is 3.13. The van der Waals surface area contributed by atoms with Crippen LogP contribution in [0.1, 0.15) is 63.5 Å². The number of nitrogens with zero attached hydrogens (tertiary/aromatic N) is 2. The van der Waals surface area contributed by atoms with E-state index >= 15 is 0 Å². The second-order valence-electron chi connectivity index (χ2n) is 11.8. The van der Waals surface area contributed by atoms with Crippen molar-refractivity contribution >= 4 is 23.2 Å². The number of anilines is 2. The molecule has 0 spiro atoms. The molecule has 5 aromatic rings. The molecule has 2 atom stereocenters. The van der Waals surface area contributed by atoms with Crippen LogP contribution in [0.15, 0.2) is 109 Å². The van der Waals surface area contributed by atoms with Gasteiger partial charge in [0.05, 0.1) is 0 Å². The van der Waals surface area contributed by atoms with Crippen LogP contribution in [-0.2, 0) is 9.59 Å². The highest BCUT2D eigenvalue weighted by Crippen LogP contribution is 2.30. The van der Waals surface area contributed by atoms with Gasteiger partial charge in [-0.3, -0.25) is 9.59 Å². The molecule has 0 aliphatic rings. The maximum Gasteiger partial charge on any atom is 0.262 e. The number of para-hydroxylation sites is 2. The molecular weight excluding hydrogens is 600 g/mol. The van der Waals surface area contributed by atoms with Gasteiger partial charge in [0.25, 0.3) is 11.8 Å². The summed E-state index contributed by atoms with van der Waals surface area (Å²) < 4.78 is 11.7. The van der Waals surface area contributed by atoms with Gasteiger partial charge in [0.1, 0.15) is 11.5 Å². The number of ether oxygens (including phenoxy) is 2. The Morgan fingerprint density at radius 2 is 1.00 bits per heavy atom. The van der Waals surface area contributed by atoms with Crippen LogP contribution in [0.5, 0.6) is 11.5 Å². The molecule has 1 aromatic heterocycles. The van der Waals surface area contributed by atoms with Crippen molar-refractivity contribution in [1.29, 1.82) is 0 Å². The summed E-state index contributed by atoms with van der Waals surface area (Å²) in [6.45, 7) is 8.42. The third kappa shape index (κ3) is 8.85. The molecule has 0 aliphatic heterocycles. The predicted molar refractivity (Wildman–Crippen MR) is 191 cm³/mol. The number of carbonyl (C=O) groups excluding carboxylic acids is 2. The van der Waals surface area contributed by atoms with Gasteiger partial charge in [-0.25, -0.2) is 9.97 Å². The molecule has 0 aliphatic carbocycles. The zero-order valence-corrected chi connectivity index (χ0v) is 27.9. The lowest BCUT2D eigenvalue weighted by Crippen LogP contribution is -2.20. The van der Waals surface area contributed by atoms with E-state index in [9.17, 15) is 9.59 Å². The van der Waals surface area contributed by atoms with E-state index in [1.54, 1.807) is 12.4 Å². The van der Waals surface area contributed by atoms with Gasteiger partial charge in [-0.1, -0.05) is 76.2 Å². The minimum atomic E-state index is -0.232. The van der Waals surface area contributed by atoms with Crippen LogP contribution >= 0.6 is 0 Å². The lowest BCUT2D eigenvalue weighted by Gasteiger charge is -2.15. The topological polar surface area (TPSA) is 102 Å². The number of aromatic nitrogens is 2. The third-order valence-electron chi connectivity index (χ3n) is 8.42. The Bertz CT molecular complexity index is 1670. The van der Waals surface area contributed by atoms with Crippen LogP contribution in [0.3, 0.4) is 0 Å².